The van der Waals surface area contributed by atoms with Crippen molar-refractivity contribution >= 4 is 16.6 Å². The zero-order valence-electron chi connectivity index (χ0n) is 9.39. The average Bonchev–Trinajstić information content (AvgIpc) is 2.29. The summed E-state index contributed by atoms with van der Waals surface area (Å²) in [5.74, 6) is 0.623. The number of carbonyl (C=O) groups excluding carboxylic acids is 1. The van der Waals surface area contributed by atoms with Crippen molar-refractivity contribution in [1.29, 1.82) is 0 Å². The Hall–Kier alpha value is -0.960. The van der Waals surface area contributed by atoms with E-state index in [2.05, 4.69) is 6.92 Å². The van der Waals surface area contributed by atoms with Crippen LogP contribution in [-0.2, 0) is 15.6 Å². The summed E-state index contributed by atoms with van der Waals surface area (Å²) >= 11 is 0. The Balaban J connectivity index is 2.14. The van der Waals surface area contributed by atoms with Crippen molar-refractivity contribution in [1.82, 2.24) is 0 Å². The molecule has 0 aliphatic heterocycles. The largest absolute Gasteiger partial charge is 0.298 e. The molecule has 2 nitrogen and oxygen atoms in total. The monoisotopic (exact) mass is 236 g/mol. The fourth-order valence-corrected chi connectivity index (χ4v) is 3.56. The van der Waals surface area contributed by atoms with Gasteiger partial charge in [0.25, 0.3) is 0 Å². The second kappa shape index (κ2) is 4.91. The minimum absolute atomic E-state index is 0.168. The Morgan fingerprint density at radius 1 is 1.19 bits per heavy atom. The van der Waals surface area contributed by atoms with E-state index in [0.717, 1.165) is 17.7 Å². The molecule has 0 heterocycles. The van der Waals surface area contributed by atoms with Crippen molar-refractivity contribution in [3.63, 3.8) is 0 Å². The third kappa shape index (κ3) is 2.40. The van der Waals surface area contributed by atoms with Crippen LogP contribution in [0.25, 0.3) is 0 Å². The first kappa shape index (κ1) is 11.5. The molecular weight excluding hydrogens is 220 g/mol. The van der Waals surface area contributed by atoms with Crippen molar-refractivity contribution < 1.29 is 9.00 Å². The van der Waals surface area contributed by atoms with Crippen molar-refractivity contribution in [3.8, 4) is 0 Å². The highest BCUT2D eigenvalue weighted by Crippen LogP contribution is 2.26. The highest BCUT2D eigenvalue weighted by Gasteiger charge is 2.31. The zero-order valence-corrected chi connectivity index (χ0v) is 10.2. The van der Waals surface area contributed by atoms with Gasteiger partial charge in [-0.25, -0.2) is 0 Å². The highest BCUT2D eigenvalue weighted by molar-refractivity contribution is 7.86. The van der Waals surface area contributed by atoms with Gasteiger partial charge in [0, 0.05) is 11.3 Å². The van der Waals surface area contributed by atoms with E-state index in [4.69, 9.17) is 0 Å². The molecule has 1 aromatic carbocycles. The van der Waals surface area contributed by atoms with E-state index >= 15 is 0 Å². The van der Waals surface area contributed by atoms with E-state index in [9.17, 15) is 9.00 Å². The van der Waals surface area contributed by atoms with Gasteiger partial charge in [0.15, 0.2) is 0 Å². The lowest BCUT2D eigenvalue weighted by Crippen LogP contribution is -2.32. The number of hydrogen-bond acceptors (Lipinski definition) is 2. The highest BCUT2D eigenvalue weighted by atomic mass is 32.2. The van der Waals surface area contributed by atoms with Crippen LogP contribution in [-0.4, -0.2) is 15.2 Å². The first-order valence-electron chi connectivity index (χ1n) is 5.67. The van der Waals surface area contributed by atoms with Gasteiger partial charge in [-0.2, -0.15) is 0 Å². The molecule has 86 valence electrons. The molecule has 0 spiro atoms. The Kier molecular flexibility index (Phi) is 3.54. The van der Waals surface area contributed by atoms with Gasteiger partial charge in [0.1, 0.15) is 5.78 Å². The van der Waals surface area contributed by atoms with E-state index in [1.807, 2.05) is 30.3 Å². The van der Waals surface area contributed by atoms with Crippen LogP contribution in [0.5, 0.6) is 0 Å². The van der Waals surface area contributed by atoms with E-state index < -0.39 is 10.8 Å². The molecule has 1 saturated carbocycles. The minimum Gasteiger partial charge on any atom is -0.298 e. The van der Waals surface area contributed by atoms with Crippen LogP contribution in [0.4, 0.5) is 0 Å². The Morgan fingerprint density at radius 2 is 1.88 bits per heavy atom. The summed E-state index contributed by atoms with van der Waals surface area (Å²) in [5, 5.41) is -0.279. The van der Waals surface area contributed by atoms with Crippen LogP contribution < -0.4 is 0 Å². The van der Waals surface area contributed by atoms with Gasteiger partial charge in [-0.1, -0.05) is 25.1 Å². The van der Waals surface area contributed by atoms with Crippen LogP contribution >= 0.6 is 0 Å². The van der Waals surface area contributed by atoms with Crippen LogP contribution in [0.3, 0.4) is 0 Å². The predicted molar refractivity (Wildman–Crippen MR) is 64.7 cm³/mol. The standard InChI is InChI=1S/C13H16O2S/c1-10-7-8-13(12(14)9-10)16(15)11-5-3-2-4-6-11/h2-6,10,13H,7-9H2,1H3/t10-,13-,16-/m0/s1. The zero-order chi connectivity index (χ0) is 11.5. The number of carbonyl (C=O) groups is 1. The second-order valence-corrected chi connectivity index (χ2v) is 6.09. The molecule has 16 heavy (non-hydrogen) atoms. The summed E-state index contributed by atoms with van der Waals surface area (Å²) in [6.45, 7) is 2.08. The van der Waals surface area contributed by atoms with Gasteiger partial charge < -0.3 is 0 Å². The molecule has 2 rings (SSSR count). The lowest BCUT2D eigenvalue weighted by molar-refractivity contribution is -0.120. The summed E-state index contributed by atoms with van der Waals surface area (Å²) in [5.41, 5.74) is 0. The molecule has 0 bridgehead atoms. The maximum absolute atomic E-state index is 12.2. The van der Waals surface area contributed by atoms with Crippen molar-refractivity contribution in [2.75, 3.05) is 0 Å². The van der Waals surface area contributed by atoms with Crippen LogP contribution in [0.1, 0.15) is 26.2 Å². The lowest BCUT2D eigenvalue weighted by atomic mass is 9.89. The fourth-order valence-electron chi connectivity index (χ4n) is 2.12. The van der Waals surface area contributed by atoms with Gasteiger partial charge in [-0.3, -0.25) is 9.00 Å². The minimum atomic E-state index is -1.16. The molecule has 1 aliphatic carbocycles. The predicted octanol–water partition coefficient (Wildman–Crippen LogP) is 2.55. The summed E-state index contributed by atoms with van der Waals surface area (Å²) in [6, 6.07) is 9.29. The molecule has 0 aromatic heterocycles. The van der Waals surface area contributed by atoms with Gasteiger partial charge in [0.2, 0.25) is 0 Å². The molecule has 0 N–H and O–H groups in total. The van der Waals surface area contributed by atoms with E-state index in [1.54, 1.807) is 0 Å². The Labute approximate surface area is 98.5 Å². The molecule has 0 unspecified atom stereocenters. The topological polar surface area (TPSA) is 34.1 Å². The normalized spacial score (nSPS) is 27.7. The molecule has 1 aliphatic rings. The number of Topliss-reactive ketones (excluding diaryl/α,β-unsaturated/α-hetero) is 1. The van der Waals surface area contributed by atoms with Crippen molar-refractivity contribution in [3.05, 3.63) is 30.3 Å². The molecule has 0 radical (unpaired) electrons. The first-order chi connectivity index (χ1) is 7.68. The third-order valence-electron chi connectivity index (χ3n) is 3.06. The smallest absolute Gasteiger partial charge is 0.149 e. The van der Waals surface area contributed by atoms with Crippen LogP contribution in [0.2, 0.25) is 0 Å². The van der Waals surface area contributed by atoms with Gasteiger partial charge in [-0.15, -0.1) is 0 Å². The molecule has 1 fully saturated rings. The summed E-state index contributed by atoms with van der Waals surface area (Å²) < 4.78 is 12.2. The van der Waals surface area contributed by atoms with Crippen LogP contribution in [0.15, 0.2) is 35.2 Å². The van der Waals surface area contributed by atoms with Crippen LogP contribution in [0, 0.1) is 5.92 Å². The van der Waals surface area contributed by atoms with Crippen molar-refractivity contribution in [2.24, 2.45) is 5.92 Å². The second-order valence-electron chi connectivity index (χ2n) is 4.45. The summed E-state index contributed by atoms with van der Waals surface area (Å²) in [4.78, 5) is 12.6. The van der Waals surface area contributed by atoms with E-state index in [0.29, 0.717) is 12.3 Å². The Morgan fingerprint density at radius 3 is 2.50 bits per heavy atom. The molecule has 0 saturated heterocycles. The fraction of sp³-hybridized carbons (Fsp3) is 0.462. The lowest BCUT2D eigenvalue weighted by Gasteiger charge is -2.24. The average molecular weight is 236 g/mol. The van der Waals surface area contributed by atoms with E-state index in [-0.39, 0.29) is 11.0 Å². The maximum atomic E-state index is 12.2. The number of ketones is 1. The number of rotatable bonds is 2. The quantitative estimate of drug-likeness (QED) is 0.791. The molecule has 3 atom stereocenters. The molecule has 1 aromatic rings. The van der Waals surface area contributed by atoms with Gasteiger partial charge in [-0.05, 0) is 30.9 Å². The molecule has 0 amide bonds. The van der Waals surface area contributed by atoms with Gasteiger partial charge >= 0.3 is 0 Å². The SMILES string of the molecule is C[C@H]1CC[C@H]([S@@](=O)c2ccccc2)C(=O)C1. The number of benzene rings is 1. The Bertz CT molecular complexity index is 400. The molecular formula is C13H16O2S. The molecule has 3 heteroatoms. The van der Waals surface area contributed by atoms with Crippen molar-refractivity contribution in [2.45, 2.75) is 36.3 Å². The number of hydrogen-bond donors (Lipinski definition) is 0. The third-order valence-corrected chi connectivity index (χ3v) is 4.82. The van der Waals surface area contributed by atoms with Gasteiger partial charge in [0.05, 0.1) is 16.0 Å². The maximum Gasteiger partial charge on any atom is 0.149 e. The van der Waals surface area contributed by atoms with E-state index in [1.165, 1.54) is 0 Å². The summed E-state index contributed by atoms with van der Waals surface area (Å²) in [6.07, 6.45) is 2.36. The summed E-state index contributed by atoms with van der Waals surface area (Å²) in [7, 11) is -1.16. The first-order valence-corrected chi connectivity index (χ1v) is 6.88.